The van der Waals surface area contributed by atoms with Crippen molar-refractivity contribution < 1.29 is 5.11 Å². The molecular formula is C21H45NO. The number of rotatable bonds is 18. The van der Waals surface area contributed by atoms with Crippen LogP contribution in [0.1, 0.15) is 117 Å². The van der Waals surface area contributed by atoms with Gasteiger partial charge in [-0.05, 0) is 20.4 Å². The largest absolute Gasteiger partial charge is 0.379 e. The normalized spacial score (nSPS) is 12.9. The third-order valence-electron chi connectivity index (χ3n) is 5.00. The molecule has 140 valence electrons. The van der Waals surface area contributed by atoms with Gasteiger partial charge < -0.3 is 5.11 Å². The molecule has 2 heteroatoms. The van der Waals surface area contributed by atoms with Crippen LogP contribution >= 0.6 is 0 Å². The van der Waals surface area contributed by atoms with E-state index in [0.29, 0.717) is 0 Å². The summed E-state index contributed by atoms with van der Waals surface area (Å²) in [5.74, 6) is 0. The van der Waals surface area contributed by atoms with Crippen LogP contribution in [0.2, 0.25) is 0 Å². The summed E-state index contributed by atoms with van der Waals surface area (Å²) in [6, 6.07) is 0. The molecule has 1 atom stereocenters. The van der Waals surface area contributed by atoms with E-state index in [4.69, 9.17) is 0 Å². The van der Waals surface area contributed by atoms with Gasteiger partial charge in [-0.25, -0.2) is 0 Å². The molecule has 0 fully saturated rings. The smallest absolute Gasteiger partial charge is 0.104 e. The molecule has 1 N–H and O–H groups in total. The van der Waals surface area contributed by atoms with Crippen molar-refractivity contribution in [3.8, 4) is 0 Å². The van der Waals surface area contributed by atoms with Crippen LogP contribution in [-0.4, -0.2) is 29.8 Å². The van der Waals surface area contributed by atoms with Crippen molar-refractivity contribution in [2.45, 2.75) is 123 Å². The van der Waals surface area contributed by atoms with Gasteiger partial charge in [-0.1, -0.05) is 103 Å². The highest BCUT2D eigenvalue weighted by atomic mass is 16.3. The highest BCUT2D eigenvalue weighted by Gasteiger charge is 2.02. The number of aliphatic hydroxyl groups is 1. The molecule has 0 aromatic rings. The molecule has 1 unspecified atom stereocenters. The molecular weight excluding hydrogens is 282 g/mol. The predicted octanol–water partition coefficient (Wildman–Crippen LogP) is 6.52. The van der Waals surface area contributed by atoms with E-state index in [2.05, 4.69) is 6.92 Å². The minimum Gasteiger partial charge on any atom is -0.379 e. The molecule has 2 nitrogen and oxygen atoms in total. The van der Waals surface area contributed by atoms with Crippen LogP contribution in [0.5, 0.6) is 0 Å². The van der Waals surface area contributed by atoms with Gasteiger partial charge in [0, 0.05) is 6.54 Å². The Morgan fingerprint density at radius 3 is 1.22 bits per heavy atom. The molecule has 0 aliphatic carbocycles. The van der Waals surface area contributed by atoms with Crippen LogP contribution < -0.4 is 0 Å². The summed E-state index contributed by atoms with van der Waals surface area (Å²) < 4.78 is 0. The monoisotopic (exact) mass is 327 g/mol. The predicted molar refractivity (Wildman–Crippen MR) is 104 cm³/mol. The number of hydrogen-bond acceptors (Lipinski definition) is 2. The maximum atomic E-state index is 9.37. The maximum absolute atomic E-state index is 9.37. The Morgan fingerprint density at radius 2 is 0.913 bits per heavy atom. The molecule has 0 saturated heterocycles. The maximum Gasteiger partial charge on any atom is 0.104 e. The molecule has 0 rings (SSSR count). The lowest BCUT2D eigenvalue weighted by molar-refractivity contribution is 0.0373. The lowest BCUT2D eigenvalue weighted by Crippen LogP contribution is -2.29. The molecule has 23 heavy (non-hydrogen) atoms. The van der Waals surface area contributed by atoms with E-state index in [1.807, 2.05) is 18.9 Å². The summed E-state index contributed by atoms with van der Waals surface area (Å²) in [5.41, 5.74) is 0. The molecule has 0 bridgehead atoms. The molecule has 0 aliphatic heterocycles. The number of hydrogen-bond donors (Lipinski definition) is 1. The fourth-order valence-corrected chi connectivity index (χ4v) is 3.10. The first-order valence-corrected chi connectivity index (χ1v) is 10.6. The van der Waals surface area contributed by atoms with E-state index >= 15 is 0 Å². The van der Waals surface area contributed by atoms with Crippen LogP contribution in [0.3, 0.4) is 0 Å². The minimum atomic E-state index is -0.300. The third-order valence-corrected chi connectivity index (χ3v) is 5.00. The van der Waals surface area contributed by atoms with Gasteiger partial charge >= 0.3 is 0 Å². The zero-order valence-electron chi connectivity index (χ0n) is 16.5. The van der Waals surface area contributed by atoms with E-state index in [1.54, 1.807) is 0 Å². The molecule has 0 spiro atoms. The molecule has 0 saturated carbocycles. The fraction of sp³-hybridized carbons (Fsp3) is 1.00. The molecule has 0 amide bonds. The quantitative estimate of drug-likeness (QED) is 0.229. The summed E-state index contributed by atoms with van der Waals surface area (Å²) in [6.07, 6.45) is 22.3. The molecule has 0 aromatic heterocycles. The van der Waals surface area contributed by atoms with Crippen molar-refractivity contribution in [3.63, 3.8) is 0 Å². The van der Waals surface area contributed by atoms with Crippen molar-refractivity contribution in [2.75, 3.05) is 13.6 Å². The van der Waals surface area contributed by atoms with E-state index in [-0.39, 0.29) is 6.23 Å². The summed E-state index contributed by atoms with van der Waals surface area (Å²) in [4.78, 5) is 2.02. The van der Waals surface area contributed by atoms with Crippen LogP contribution in [0.15, 0.2) is 0 Å². The van der Waals surface area contributed by atoms with E-state index < -0.39 is 0 Å². The van der Waals surface area contributed by atoms with Gasteiger partial charge in [-0.2, -0.15) is 0 Å². The first kappa shape index (κ1) is 22.9. The number of unbranched alkanes of at least 4 members (excludes halogenated alkanes) is 15. The van der Waals surface area contributed by atoms with Gasteiger partial charge in [0.25, 0.3) is 0 Å². The SMILES string of the molecule is CCCCCCCCCCCCCCCCCCN(C)C(C)O. The lowest BCUT2D eigenvalue weighted by atomic mass is 10.0. The minimum absolute atomic E-state index is 0.300. The molecule has 0 heterocycles. The van der Waals surface area contributed by atoms with Gasteiger partial charge in [-0.3, -0.25) is 4.90 Å². The second-order valence-corrected chi connectivity index (χ2v) is 7.42. The highest BCUT2D eigenvalue weighted by molar-refractivity contribution is 4.53. The Balaban J connectivity index is 3.03. The summed E-state index contributed by atoms with van der Waals surface area (Å²) in [7, 11) is 2.00. The topological polar surface area (TPSA) is 23.5 Å². The molecule has 0 aliphatic rings. The van der Waals surface area contributed by atoms with Gasteiger partial charge in [0.2, 0.25) is 0 Å². The summed E-state index contributed by atoms with van der Waals surface area (Å²) >= 11 is 0. The van der Waals surface area contributed by atoms with Crippen molar-refractivity contribution in [2.24, 2.45) is 0 Å². The van der Waals surface area contributed by atoms with Crippen molar-refractivity contribution in [3.05, 3.63) is 0 Å². The zero-order chi connectivity index (χ0) is 17.2. The Labute approximate surface area is 147 Å². The average Bonchev–Trinajstić information content (AvgIpc) is 2.54. The Hall–Kier alpha value is -0.0800. The van der Waals surface area contributed by atoms with E-state index in [9.17, 15) is 5.11 Å². The van der Waals surface area contributed by atoms with Gasteiger partial charge in [0.1, 0.15) is 6.23 Å². The van der Waals surface area contributed by atoms with Crippen LogP contribution in [0.4, 0.5) is 0 Å². The van der Waals surface area contributed by atoms with Crippen LogP contribution in [-0.2, 0) is 0 Å². The van der Waals surface area contributed by atoms with Gasteiger partial charge in [-0.15, -0.1) is 0 Å². The standard InChI is InChI=1S/C21H45NO/c1-4-5-6-7-8-9-10-11-12-13-14-15-16-17-18-19-20-22(3)21(2)23/h21,23H,4-20H2,1-3H3. The van der Waals surface area contributed by atoms with Gasteiger partial charge in [0.05, 0.1) is 0 Å². The average molecular weight is 328 g/mol. The second-order valence-electron chi connectivity index (χ2n) is 7.42. The summed E-state index contributed by atoms with van der Waals surface area (Å²) in [5, 5.41) is 9.37. The van der Waals surface area contributed by atoms with Crippen molar-refractivity contribution in [1.82, 2.24) is 4.90 Å². The lowest BCUT2D eigenvalue weighted by Gasteiger charge is -2.19. The molecule has 0 aromatic carbocycles. The Morgan fingerprint density at radius 1 is 0.609 bits per heavy atom. The second kappa shape index (κ2) is 18.3. The van der Waals surface area contributed by atoms with Crippen LogP contribution in [0.25, 0.3) is 0 Å². The Kier molecular flexibility index (Phi) is 18.2. The molecule has 0 radical (unpaired) electrons. The van der Waals surface area contributed by atoms with Crippen molar-refractivity contribution >= 4 is 0 Å². The van der Waals surface area contributed by atoms with Crippen molar-refractivity contribution in [1.29, 1.82) is 0 Å². The third kappa shape index (κ3) is 18.1. The van der Waals surface area contributed by atoms with Crippen LogP contribution in [0, 0.1) is 0 Å². The zero-order valence-corrected chi connectivity index (χ0v) is 16.5. The fourth-order valence-electron chi connectivity index (χ4n) is 3.10. The Bertz CT molecular complexity index is 218. The number of aliphatic hydroxyl groups excluding tert-OH is 1. The first-order valence-electron chi connectivity index (χ1n) is 10.6. The van der Waals surface area contributed by atoms with Gasteiger partial charge in [0.15, 0.2) is 0 Å². The number of nitrogens with zero attached hydrogens (tertiary/aromatic N) is 1. The highest BCUT2D eigenvalue weighted by Crippen LogP contribution is 2.13. The first-order chi connectivity index (χ1) is 11.2. The van der Waals surface area contributed by atoms with E-state index in [1.165, 1.54) is 103 Å². The summed E-state index contributed by atoms with van der Waals surface area (Å²) in [6.45, 7) is 5.15. The van der Waals surface area contributed by atoms with E-state index in [0.717, 1.165) is 6.54 Å².